The van der Waals surface area contributed by atoms with Crippen LogP contribution in [0, 0.1) is 0 Å². The zero-order valence-corrected chi connectivity index (χ0v) is 18.0. The molecule has 0 aromatic heterocycles. The summed E-state index contributed by atoms with van der Waals surface area (Å²) in [5.74, 6) is -0.520. The normalized spacial score (nSPS) is 15.6. The first kappa shape index (κ1) is 22.3. The van der Waals surface area contributed by atoms with Crippen molar-refractivity contribution in [2.75, 3.05) is 26.9 Å². The molecular formula is C21H30N2O4S. The minimum atomic E-state index is -0.846. The van der Waals surface area contributed by atoms with E-state index in [1.807, 2.05) is 6.07 Å². The predicted molar refractivity (Wildman–Crippen MR) is 110 cm³/mol. The molecule has 1 saturated carbocycles. The standard InChI is InChI=1S/C21H30N2O4S/c1-15(20(25)23(4)16-10-6-5-7-11-16)27-21(26)17-12-8-9-13-18(17)28-14-19(24)22(2)3/h8-9,12-13,15-16H,5-7,10-11,14H2,1-4H3/t15-/m0/s1. The maximum Gasteiger partial charge on any atom is 0.340 e. The van der Waals surface area contributed by atoms with Crippen LogP contribution in [-0.4, -0.2) is 66.6 Å². The highest BCUT2D eigenvalue weighted by atomic mass is 32.2. The van der Waals surface area contributed by atoms with Crippen LogP contribution in [0.4, 0.5) is 0 Å². The van der Waals surface area contributed by atoms with E-state index in [-0.39, 0.29) is 23.6 Å². The minimum absolute atomic E-state index is 0.0363. The first-order chi connectivity index (χ1) is 13.3. The molecule has 1 aromatic carbocycles. The highest BCUT2D eigenvalue weighted by molar-refractivity contribution is 8.00. The minimum Gasteiger partial charge on any atom is -0.449 e. The zero-order chi connectivity index (χ0) is 20.7. The molecule has 0 radical (unpaired) electrons. The summed E-state index contributed by atoms with van der Waals surface area (Å²) in [6.07, 6.45) is 4.64. The van der Waals surface area contributed by atoms with Gasteiger partial charge in [-0.15, -0.1) is 11.8 Å². The number of hydrogen-bond donors (Lipinski definition) is 0. The molecular weight excluding hydrogens is 376 g/mol. The number of carbonyl (C=O) groups is 3. The largest absolute Gasteiger partial charge is 0.449 e. The molecule has 0 spiro atoms. The number of amides is 2. The second-order valence-electron chi connectivity index (χ2n) is 7.36. The maximum absolute atomic E-state index is 12.7. The molecule has 0 bridgehead atoms. The van der Waals surface area contributed by atoms with Crippen LogP contribution in [0.15, 0.2) is 29.2 Å². The number of esters is 1. The van der Waals surface area contributed by atoms with Crippen LogP contribution < -0.4 is 0 Å². The number of nitrogens with zero attached hydrogens (tertiary/aromatic N) is 2. The second kappa shape index (κ2) is 10.5. The van der Waals surface area contributed by atoms with Crippen molar-refractivity contribution in [3.63, 3.8) is 0 Å². The van der Waals surface area contributed by atoms with Gasteiger partial charge in [0.2, 0.25) is 5.91 Å². The number of thioether (sulfide) groups is 1. The topological polar surface area (TPSA) is 66.9 Å². The molecule has 154 valence electrons. The lowest BCUT2D eigenvalue weighted by atomic mass is 9.94. The van der Waals surface area contributed by atoms with Gasteiger partial charge < -0.3 is 14.5 Å². The summed E-state index contributed by atoms with van der Waals surface area (Å²) in [6, 6.07) is 7.22. The Morgan fingerprint density at radius 1 is 1.11 bits per heavy atom. The Balaban J connectivity index is 1.99. The molecule has 0 aliphatic heterocycles. The number of ether oxygens (including phenoxy) is 1. The fraction of sp³-hybridized carbons (Fsp3) is 0.571. The molecule has 7 heteroatoms. The van der Waals surface area contributed by atoms with Crippen LogP contribution in [-0.2, 0) is 14.3 Å². The van der Waals surface area contributed by atoms with Crippen LogP contribution in [0.5, 0.6) is 0 Å². The SMILES string of the molecule is C[C@H](OC(=O)c1ccccc1SCC(=O)N(C)C)C(=O)N(C)C1CCCCC1. The van der Waals surface area contributed by atoms with Crippen LogP contribution >= 0.6 is 11.8 Å². The molecule has 6 nitrogen and oxygen atoms in total. The number of carbonyl (C=O) groups excluding carboxylic acids is 3. The van der Waals surface area contributed by atoms with Crippen molar-refractivity contribution in [1.82, 2.24) is 9.80 Å². The van der Waals surface area contributed by atoms with Crippen LogP contribution in [0.1, 0.15) is 49.4 Å². The van der Waals surface area contributed by atoms with E-state index in [2.05, 4.69) is 0 Å². The maximum atomic E-state index is 12.7. The second-order valence-corrected chi connectivity index (χ2v) is 8.38. The van der Waals surface area contributed by atoms with Crippen LogP contribution in [0.25, 0.3) is 0 Å². The third kappa shape index (κ3) is 5.99. The average Bonchev–Trinajstić information content (AvgIpc) is 2.71. The van der Waals surface area contributed by atoms with Crippen molar-refractivity contribution in [3.8, 4) is 0 Å². The van der Waals surface area contributed by atoms with Gasteiger partial charge in [0.25, 0.3) is 5.91 Å². The lowest BCUT2D eigenvalue weighted by Crippen LogP contribution is -2.44. The van der Waals surface area contributed by atoms with Crippen molar-refractivity contribution in [2.45, 2.75) is 56.1 Å². The van der Waals surface area contributed by atoms with Gasteiger partial charge in [0, 0.05) is 32.1 Å². The fourth-order valence-corrected chi connectivity index (χ4v) is 4.26. The molecule has 1 aliphatic rings. The monoisotopic (exact) mass is 406 g/mol. The van der Waals surface area contributed by atoms with Gasteiger partial charge in [0.1, 0.15) is 0 Å². The molecule has 1 atom stereocenters. The Hall–Kier alpha value is -2.02. The van der Waals surface area contributed by atoms with Gasteiger partial charge in [0.05, 0.1) is 11.3 Å². The Morgan fingerprint density at radius 2 is 1.75 bits per heavy atom. The van der Waals surface area contributed by atoms with Crippen molar-refractivity contribution in [3.05, 3.63) is 29.8 Å². The summed E-state index contributed by atoms with van der Waals surface area (Å²) in [4.78, 5) is 41.1. The van der Waals surface area contributed by atoms with Crippen molar-refractivity contribution < 1.29 is 19.1 Å². The molecule has 28 heavy (non-hydrogen) atoms. The highest BCUT2D eigenvalue weighted by Gasteiger charge is 2.28. The van der Waals surface area contributed by atoms with E-state index in [1.165, 1.54) is 23.1 Å². The highest BCUT2D eigenvalue weighted by Crippen LogP contribution is 2.25. The summed E-state index contributed by atoms with van der Waals surface area (Å²) >= 11 is 1.29. The Kier molecular flexibility index (Phi) is 8.35. The van der Waals surface area contributed by atoms with E-state index in [0.29, 0.717) is 10.5 Å². The molecule has 0 N–H and O–H groups in total. The summed E-state index contributed by atoms with van der Waals surface area (Å²) in [7, 11) is 5.18. The van der Waals surface area contributed by atoms with Gasteiger partial charge in [-0.1, -0.05) is 31.4 Å². The summed E-state index contributed by atoms with van der Waals surface area (Å²) in [6.45, 7) is 1.62. The summed E-state index contributed by atoms with van der Waals surface area (Å²) in [5.41, 5.74) is 0.374. The van der Waals surface area contributed by atoms with Crippen molar-refractivity contribution in [1.29, 1.82) is 0 Å². The molecule has 2 amide bonds. The van der Waals surface area contributed by atoms with E-state index < -0.39 is 12.1 Å². The molecule has 2 rings (SSSR count). The average molecular weight is 407 g/mol. The first-order valence-corrected chi connectivity index (χ1v) is 10.7. The Labute approximate surface area is 171 Å². The molecule has 0 unspecified atom stereocenters. The zero-order valence-electron chi connectivity index (χ0n) is 17.1. The first-order valence-electron chi connectivity index (χ1n) is 9.71. The van der Waals surface area contributed by atoms with Crippen molar-refractivity contribution >= 4 is 29.5 Å². The molecule has 1 fully saturated rings. The number of benzene rings is 1. The van der Waals surface area contributed by atoms with Gasteiger partial charge in [-0.2, -0.15) is 0 Å². The lowest BCUT2D eigenvalue weighted by molar-refractivity contribution is -0.141. The predicted octanol–water partition coefficient (Wildman–Crippen LogP) is 3.20. The van der Waals surface area contributed by atoms with Crippen molar-refractivity contribution in [2.24, 2.45) is 0 Å². The Morgan fingerprint density at radius 3 is 2.39 bits per heavy atom. The van der Waals surface area contributed by atoms with Gasteiger partial charge in [0.15, 0.2) is 6.10 Å². The van der Waals surface area contributed by atoms with E-state index in [4.69, 9.17) is 4.74 Å². The van der Waals surface area contributed by atoms with Gasteiger partial charge >= 0.3 is 5.97 Å². The van der Waals surface area contributed by atoms with Gasteiger partial charge in [-0.3, -0.25) is 9.59 Å². The number of likely N-dealkylation sites (N-methyl/N-ethyl adjacent to an activating group) is 1. The third-order valence-corrected chi connectivity index (χ3v) is 6.12. The van der Waals surface area contributed by atoms with E-state index in [0.717, 1.165) is 25.7 Å². The van der Waals surface area contributed by atoms with Gasteiger partial charge in [-0.25, -0.2) is 4.79 Å². The quantitative estimate of drug-likeness (QED) is 0.514. The lowest BCUT2D eigenvalue weighted by Gasteiger charge is -2.32. The Bertz CT molecular complexity index is 701. The van der Waals surface area contributed by atoms with Crippen LogP contribution in [0.2, 0.25) is 0 Å². The fourth-order valence-electron chi connectivity index (χ4n) is 3.24. The molecule has 1 aromatic rings. The smallest absolute Gasteiger partial charge is 0.340 e. The number of hydrogen-bond acceptors (Lipinski definition) is 5. The van der Waals surface area contributed by atoms with E-state index in [1.54, 1.807) is 51.2 Å². The summed E-state index contributed by atoms with van der Waals surface area (Å²) in [5, 5.41) is 0. The molecule has 0 saturated heterocycles. The number of rotatable bonds is 7. The van der Waals surface area contributed by atoms with E-state index >= 15 is 0 Å². The van der Waals surface area contributed by atoms with Crippen LogP contribution in [0.3, 0.4) is 0 Å². The summed E-state index contributed by atoms with van der Waals surface area (Å²) < 4.78 is 5.47. The molecule has 0 heterocycles. The van der Waals surface area contributed by atoms with E-state index in [9.17, 15) is 14.4 Å². The van der Waals surface area contributed by atoms with Gasteiger partial charge in [-0.05, 0) is 31.9 Å². The third-order valence-electron chi connectivity index (χ3n) is 5.06. The molecule has 1 aliphatic carbocycles.